The van der Waals surface area contributed by atoms with Gasteiger partial charge in [-0.3, -0.25) is 0 Å². The van der Waals surface area contributed by atoms with Crippen LogP contribution in [0.25, 0.3) is 0 Å². The lowest BCUT2D eigenvalue weighted by molar-refractivity contribution is 0.533. The Balaban J connectivity index is 2.01. The van der Waals surface area contributed by atoms with Crippen molar-refractivity contribution in [2.24, 2.45) is 0 Å². The van der Waals surface area contributed by atoms with Gasteiger partial charge in [-0.15, -0.1) is 0 Å². The van der Waals surface area contributed by atoms with Crippen LogP contribution in [0, 0.1) is 5.82 Å². The SMILES string of the molecule is CSC(C)CNC1CCc2cc(F)ccc21. The number of halogens is 1. The average Bonchev–Trinajstić information content (AvgIpc) is 2.68. The summed E-state index contributed by atoms with van der Waals surface area (Å²) < 4.78 is 13.0. The van der Waals surface area contributed by atoms with E-state index in [1.54, 1.807) is 12.1 Å². The summed E-state index contributed by atoms with van der Waals surface area (Å²) in [4.78, 5) is 0. The van der Waals surface area contributed by atoms with E-state index in [2.05, 4.69) is 18.5 Å². The van der Waals surface area contributed by atoms with Crippen molar-refractivity contribution in [1.29, 1.82) is 0 Å². The van der Waals surface area contributed by atoms with Gasteiger partial charge in [0.15, 0.2) is 0 Å². The molecule has 0 bridgehead atoms. The van der Waals surface area contributed by atoms with Crippen molar-refractivity contribution in [1.82, 2.24) is 5.32 Å². The Kier molecular flexibility index (Phi) is 3.87. The Hall–Kier alpha value is -0.540. The molecule has 1 aliphatic carbocycles. The molecule has 0 saturated heterocycles. The highest BCUT2D eigenvalue weighted by molar-refractivity contribution is 7.99. The fourth-order valence-corrected chi connectivity index (χ4v) is 2.45. The first-order valence-corrected chi connectivity index (χ1v) is 7.04. The van der Waals surface area contributed by atoms with Gasteiger partial charge in [0.25, 0.3) is 0 Å². The monoisotopic (exact) mass is 239 g/mol. The molecular weight excluding hydrogens is 221 g/mol. The highest BCUT2D eigenvalue weighted by Crippen LogP contribution is 2.31. The molecule has 88 valence electrons. The minimum absolute atomic E-state index is 0.114. The lowest BCUT2D eigenvalue weighted by atomic mass is 10.1. The molecular formula is C13H18FNS. The van der Waals surface area contributed by atoms with E-state index in [1.807, 2.05) is 17.8 Å². The first-order valence-electron chi connectivity index (χ1n) is 5.75. The van der Waals surface area contributed by atoms with Crippen LogP contribution in [0.2, 0.25) is 0 Å². The third-order valence-corrected chi connectivity index (χ3v) is 4.21. The molecule has 0 aromatic heterocycles. The van der Waals surface area contributed by atoms with Crippen LogP contribution >= 0.6 is 11.8 Å². The van der Waals surface area contributed by atoms with Gasteiger partial charge >= 0.3 is 0 Å². The quantitative estimate of drug-likeness (QED) is 0.866. The van der Waals surface area contributed by atoms with Crippen LogP contribution in [-0.4, -0.2) is 18.1 Å². The van der Waals surface area contributed by atoms with E-state index in [1.165, 1.54) is 11.1 Å². The summed E-state index contributed by atoms with van der Waals surface area (Å²) in [6, 6.07) is 5.59. The number of rotatable bonds is 4. The smallest absolute Gasteiger partial charge is 0.123 e. The van der Waals surface area contributed by atoms with Crippen molar-refractivity contribution in [3.8, 4) is 0 Å². The van der Waals surface area contributed by atoms with Gasteiger partial charge in [-0.05, 0) is 42.4 Å². The highest BCUT2D eigenvalue weighted by Gasteiger charge is 2.22. The predicted octanol–water partition coefficient (Wildman–Crippen LogP) is 3.15. The maximum absolute atomic E-state index is 13.0. The van der Waals surface area contributed by atoms with Gasteiger partial charge in [-0.25, -0.2) is 4.39 Å². The summed E-state index contributed by atoms with van der Waals surface area (Å²) >= 11 is 1.87. The van der Waals surface area contributed by atoms with Crippen LogP contribution in [0.15, 0.2) is 18.2 Å². The van der Waals surface area contributed by atoms with Gasteiger partial charge in [0, 0.05) is 17.8 Å². The average molecular weight is 239 g/mol. The van der Waals surface area contributed by atoms with Gasteiger partial charge in [0.1, 0.15) is 5.82 Å². The Morgan fingerprint density at radius 1 is 1.56 bits per heavy atom. The topological polar surface area (TPSA) is 12.0 Å². The number of thioether (sulfide) groups is 1. The van der Waals surface area contributed by atoms with Gasteiger partial charge < -0.3 is 5.32 Å². The van der Waals surface area contributed by atoms with Crippen molar-refractivity contribution in [2.45, 2.75) is 31.1 Å². The number of fused-ring (bicyclic) bond motifs is 1. The number of hydrogen-bond donors (Lipinski definition) is 1. The second-order valence-electron chi connectivity index (χ2n) is 4.39. The van der Waals surface area contributed by atoms with E-state index in [0.717, 1.165) is 19.4 Å². The second kappa shape index (κ2) is 5.19. The molecule has 0 heterocycles. The molecule has 0 radical (unpaired) electrons. The predicted molar refractivity (Wildman–Crippen MR) is 68.4 cm³/mol. The maximum atomic E-state index is 13.0. The molecule has 1 nitrogen and oxygen atoms in total. The van der Waals surface area contributed by atoms with Crippen LogP contribution in [0.5, 0.6) is 0 Å². The third-order valence-electron chi connectivity index (χ3n) is 3.24. The molecule has 0 amide bonds. The summed E-state index contributed by atoms with van der Waals surface area (Å²) in [7, 11) is 0. The van der Waals surface area contributed by atoms with Gasteiger partial charge in [0.2, 0.25) is 0 Å². The minimum atomic E-state index is -0.114. The number of nitrogens with one attached hydrogen (secondary N) is 1. The lowest BCUT2D eigenvalue weighted by Gasteiger charge is -2.16. The fourth-order valence-electron chi connectivity index (χ4n) is 2.19. The van der Waals surface area contributed by atoms with E-state index in [0.29, 0.717) is 11.3 Å². The molecule has 1 aliphatic rings. The van der Waals surface area contributed by atoms with Crippen molar-refractivity contribution in [3.05, 3.63) is 35.1 Å². The summed E-state index contributed by atoms with van der Waals surface area (Å²) in [5.41, 5.74) is 2.46. The molecule has 3 heteroatoms. The van der Waals surface area contributed by atoms with Crippen LogP contribution in [0.4, 0.5) is 4.39 Å². The Bertz CT molecular complexity index is 367. The van der Waals surface area contributed by atoms with E-state index < -0.39 is 0 Å². The molecule has 16 heavy (non-hydrogen) atoms. The molecule has 0 aliphatic heterocycles. The number of aryl methyl sites for hydroxylation is 1. The fraction of sp³-hybridized carbons (Fsp3) is 0.538. The Morgan fingerprint density at radius 2 is 2.38 bits per heavy atom. The Labute approximate surface area is 101 Å². The van der Waals surface area contributed by atoms with Gasteiger partial charge in [0.05, 0.1) is 0 Å². The molecule has 0 fully saturated rings. The third kappa shape index (κ3) is 2.58. The van der Waals surface area contributed by atoms with Gasteiger partial charge in [-0.1, -0.05) is 13.0 Å². The molecule has 1 N–H and O–H groups in total. The zero-order valence-corrected chi connectivity index (χ0v) is 10.6. The normalized spacial score (nSPS) is 20.8. The van der Waals surface area contributed by atoms with Crippen molar-refractivity contribution >= 4 is 11.8 Å². The molecule has 2 unspecified atom stereocenters. The van der Waals surface area contributed by atoms with Crippen LogP contribution in [0.3, 0.4) is 0 Å². The standard InChI is InChI=1S/C13H18FNS/c1-9(16-2)8-15-13-6-3-10-7-11(14)4-5-12(10)13/h4-5,7,9,13,15H,3,6,8H2,1-2H3. The molecule has 2 atom stereocenters. The van der Waals surface area contributed by atoms with E-state index >= 15 is 0 Å². The number of benzene rings is 1. The molecule has 2 rings (SSSR count). The van der Waals surface area contributed by atoms with Crippen molar-refractivity contribution in [2.75, 3.05) is 12.8 Å². The van der Waals surface area contributed by atoms with Crippen molar-refractivity contribution in [3.63, 3.8) is 0 Å². The minimum Gasteiger partial charge on any atom is -0.309 e. The second-order valence-corrected chi connectivity index (χ2v) is 5.67. The number of hydrogen-bond acceptors (Lipinski definition) is 2. The first kappa shape index (κ1) is 11.9. The molecule has 0 spiro atoms. The highest BCUT2D eigenvalue weighted by atomic mass is 32.2. The van der Waals surface area contributed by atoms with Crippen LogP contribution < -0.4 is 5.32 Å². The summed E-state index contributed by atoms with van der Waals surface area (Å²) in [5, 5.41) is 4.19. The summed E-state index contributed by atoms with van der Waals surface area (Å²) in [6.45, 7) is 3.24. The molecule has 1 aromatic carbocycles. The maximum Gasteiger partial charge on any atom is 0.123 e. The summed E-state index contributed by atoms with van der Waals surface area (Å²) in [5.74, 6) is -0.114. The molecule has 0 saturated carbocycles. The first-order chi connectivity index (χ1) is 7.70. The summed E-state index contributed by atoms with van der Waals surface area (Å²) in [6.07, 6.45) is 4.22. The van der Waals surface area contributed by atoms with Crippen molar-refractivity contribution < 1.29 is 4.39 Å². The zero-order chi connectivity index (χ0) is 11.5. The zero-order valence-electron chi connectivity index (χ0n) is 9.79. The van der Waals surface area contributed by atoms with Gasteiger partial charge in [-0.2, -0.15) is 11.8 Å². The van der Waals surface area contributed by atoms with Crippen LogP contribution in [0.1, 0.15) is 30.5 Å². The largest absolute Gasteiger partial charge is 0.309 e. The lowest BCUT2D eigenvalue weighted by Crippen LogP contribution is -2.26. The molecule has 1 aromatic rings. The van der Waals surface area contributed by atoms with E-state index in [9.17, 15) is 4.39 Å². The Morgan fingerprint density at radius 3 is 3.12 bits per heavy atom. The van der Waals surface area contributed by atoms with Crippen LogP contribution in [-0.2, 0) is 6.42 Å². The van der Waals surface area contributed by atoms with E-state index in [-0.39, 0.29) is 5.82 Å². The van der Waals surface area contributed by atoms with E-state index in [4.69, 9.17) is 0 Å².